The second kappa shape index (κ2) is 5.41. The van der Waals surface area contributed by atoms with E-state index in [-0.39, 0.29) is 11.7 Å². The summed E-state index contributed by atoms with van der Waals surface area (Å²) in [5.74, 6) is -0.251. The molecule has 1 saturated heterocycles. The van der Waals surface area contributed by atoms with Crippen molar-refractivity contribution < 1.29 is 14.3 Å². The predicted octanol–water partition coefficient (Wildman–Crippen LogP) is 3.12. The summed E-state index contributed by atoms with van der Waals surface area (Å²) in [6, 6.07) is 6.63. The number of halogens is 1. The lowest BCUT2D eigenvalue weighted by Gasteiger charge is -2.25. The van der Waals surface area contributed by atoms with Gasteiger partial charge in [-0.1, -0.05) is 25.5 Å². The third kappa shape index (κ3) is 2.57. The Morgan fingerprint density at radius 3 is 2.81 bits per heavy atom. The number of hydrogen-bond acceptors (Lipinski definition) is 2. The monoisotopic (exact) mass is 291 g/mol. The summed E-state index contributed by atoms with van der Waals surface area (Å²) in [7, 11) is 0. The number of carbonyl (C=O) groups is 1. The SMILES string of the molecule is CC(CN1C[C@@H]2CCC[C@@]2(C(=O)O)C1)c1ccc(F)cc1. The molecule has 3 nitrogen and oxygen atoms in total. The number of aliphatic carboxylic acids is 1. The van der Waals surface area contributed by atoms with Crippen LogP contribution in [0, 0.1) is 17.2 Å². The highest BCUT2D eigenvalue weighted by Gasteiger charge is 2.54. The normalized spacial score (nSPS) is 30.3. The third-order valence-corrected chi connectivity index (χ3v) is 5.34. The summed E-state index contributed by atoms with van der Waals surface area (Å²) in [6.45, 7) is 4.52. The molecule has 0 bridgehead atoms. The zero-order valence-electron chi connectivity index (χ0n) is 12.4. The van der Waals surface area contributed by atoms with E-state index in [1.54, 1.807) is 0 Å². The fourth-order valence-corrected chi connectivity index (χ4v) is 4.17. The maximum Gasteiger partial charge on any atom is 0.311 e. The maximum atomic E-state index is 13.0. The molecule has 0 radical (unpaired) electrons. The minimum atomic E-state index is -0.623. The van der Waals surface area contributed by atoms with Gasteiger partial charge in [-0.3, -0.25) is 4.79 Å². The van der Waals surface area contributed by atoms with Gasteiger partial charge in [-0.2, -0.15) is 0 Å². The van der Waals surface area contributed by atoms with Crippen molar-refractivity contribution in [3.63, 3.8) is 0 Å². The van der Waals surface area contributed by atoms with Gasteiger partial charge in [0.1, 0.15) is 5.82 Å². The molecule has 0 spiro atoms. The molecule has 1 heterocycles. The summed E-state index contributed by atoms with van der Waals surface area (Å²) in [5, 5.41) is 9.61. The van der Waals surface area contributed by atoms with Gasteiger partial charge in [0.05, 0.1) is 5.41 Å². The second-order valence-corrected chi connectivity index (χ2v) is 6.70. The fourth-order valence-electron chi connectivity index (χ4n) is 4.17. The summed E-state index contributed by atoms with van der Waals surface area (Å²) >= 11 is 0. The van der Waals surface area contributed by atoms with Gasteiger partial charge in [0.25, 0.3) is 0 Å². The minimum absolute atomic E-state index is 0.216. The molecule has 4 heteroatoms. The molecule has 2 aliphatic rings. The van der Waals surface area contributed by atoms with E-state index < -0.39 is 11.4 Å². The van der Waals surface area contributed by atoms with Crippen LogP contribution in [0.25, 0.3) is 0 Å². The van der Waals surface area contributed by atoms with Crippen molar-refractivity contribution in [1.82, 2.24) is 4.90 Å². The fraction of sp³-hybridized carbons (Fsp3) is 0.588. The smallest absolute Gasteiger partial charge is 0.311 e. The molecule has 1 aliphatic heterocycles. The lowest BCUT2D eigenvalue weighted by atomic mass is 9.81. The topological polar surface area (TPSA) is 40.5 Å². The zero-order valence-corrected chi connectivity index (χ0v) is 12.4. The van der Waals surface area contributed by atoms with Gasteiger partial charge >= 0.3 is 5.97 Å². The number of rotatable bonds is 4. The number of benzene rings is 1. The summed E-state index contributed by atoms with van der Waals surface area (Å²) in [6.07, 6.45) is 2.89. The van der Waals surface area contributed by atoms with Gasteiger partial charge in [0.15, 0.2) is 0 Å². The van der Waals surface area contributed by atoms with Gasteiger partial charge in [-0.15, -0.1) is 0 Å². The molecule has 1 aliphatic carbocycles. The van der Waals surface area contributed by atoms with Crippen LogP contribution in [0.1, 0.15) is 37.7 Å². The molecule has 1 aromatic carbocycles. The lowest BCUT2D eigenvalue weighted by molar-refractivity contribution is -0.149. The number of nitrogens with zero attached hydrogens (tertiary/aromatic N) is 1. The van der Waals surface area contributed by atoms with Crippen molar-refractivity contribution >= 4 is 5.97 Å². The van der Waals surface area contributed by atoms with E-state index >= 15 is 0 Å². The minimum Gasteiger partial charge on any atom is -0.481 e. The van der Waals surface area contributed by atoms with Crippen LogP contribution >= 0.6 is 0 Å². The number of carboxylic acids is 1. The zero-order chi connectivity index (χ0) is 15.0. The van der Waals surface area contributed by atoms with Crippen LogP contribution in [0.3, 0.4) is 0 Å². The first-order valence-corrected chi connectivity index (χ1v) is 7.72. The Morgan fingerprint density at radius 1 is 1.48 bits per heavy atom. The van der Waals surface area contributed by atoms with Crippen LogP contribution in [0.4, 0.5) is 4.39 Å². The number of hydrogen-bond donors (Lipinski definition) is 1. The van der Waals surface area contributed by atoms with Crippen LogP contribution in [-0.2, 0) is 4.79 Å². The molecule has 0 amide bonds. The van der Waals surface area contributed by atoms with E-state index in [0.29, 0.717) is 12.5 Å². The number of likely N-dealkylation sites (tertiary alicyclic amines) is 1. The Balaban J connectivity index is 1.67. The van der Waals surface area contributed by atoms with E-state index in [1.165, 1.54) is 12.1 Å². The highest BCUT2D eigenvalue weighted by atomic mass is 19.1. The molecule has 1 N–H and O–H groups in total. The van der Waals surface area contributed by atoms with Crippen LogP contribution in [0.5, 0.6) is 0 Å². The van der Waals surface area contributed by atoms with E-state index in [9.17, 15) is 14.3 Å². The molecule has 21 heavy (non-hydrogen) atoms. The first kappa shape index (κ1) is 14.5. The molecule has 0 aromatic heterocycles. The van der Waals surface area contributed by atoms with Crippen molar-refractivity contribution in [3.8, 4) is 0 Å². The van der Waals surface area contributed by atoms with Crippen LogP contribution in [-0.4, -0.2) is 35.6 Å². The average molecular weight is 291 g/mol. The van der Waals surface area contributed by atoms with Gasteiger partial charge in [0.2, 0.25) is 0 Å². The first-order valence-electron chi connectivity index (χ1n) is 7.72. The summed E-state index contributed by atoms with van der Waals surface area (Å²) in [4.78, 5) is 14.0. The quantitative estimate of drug-likeness (QED) is 0.926. The Bertz CT molecular complexity index is 530. The van der Waals surface area contributed by atoms with Crippen molar-refractivity contribution in [2.45, 2.75) is 32.1 Å². The van der Waals surface area contributed by atoms with Crippen molar-refractivity contribution in [1.29, 1.82) is 0 Å². The number of carboxylic acid groups (broad SMARTS) is 1. The maximum absolute atomic E-state index is 13.0. The van der Waals surface area contributed by atoms with Crippen LogP contribution in [0.2, 0.25) is 0 Å². The van der Waals surface area contributed by atoms with Crippen LogP contribution in [0.15, 0.2) is 24.3 Å². The molecular weight excluding hydrogens is 269 g/mol. The highest BCUT2D eigenvalue weighted by molar-refractivity contribution is 5.76. The molecule has 1 unspecified atom stereocenters. The second-order valence-electron chi connectivity index (χ2n) is 6.70. The Hall–Kier alpha value is -1.42. The van der Waals surface area contributed by atoms with Crippen molar-refractivity contribution in [2.75, 3.05) is 19.6 Å². The van der Waals surface area contributed by atoms with Gasteiger partial charge < -0.3 is 10.0 Å². The number of fused-ring (bicyclic) bond motifs is 1. The first-order chi connectivity index (χ1) is 10.0. The van der Waals surface area contributed by atoms with Crippen molar-refractivity contribution in [2.24, 2.45) is 11.3 Å². The largest absolute Gasteiger partial charge is 0.481 e. The standard InChI is InChI=1S/C17H22FNO2/c1-12(13-4-6-15(18)7-5-13)9-19-10-14-3-2-8-17(14,11-19)16(20)21/h4-7,12,14H,2-3,8-11H2,1H3,(H,20,21)/t12?,14-,17+/m0/s1. The van der Waals surface area contributed by atoms with Crippen LogP contribution < -0.4 is 0 Å². The molecule has 1 saturated carbocycles. The van der Waals surface area contributed by atoms with Crippen molar-refractivity contribution in [3.05, 3.63) is 35.6 Å². The van der Waals surface area contributed by atoms with Gasteiger partial charge in [-0.05, 0) is 42.4 Å². The molecule has 2 fully saturated rings. The van der Waals surface area contributed by atoms with E-state index in [1.807, 2.05) is 12.1 Å². The van der Waals surface area contributed by atoms with E-state index in [2.05, 4.69) is 11.8 Å². The molecule has 114 valence electrons. The Labute approximate surface area is 124 Å². The molecule has 3 rings (SSSR count). The highest BCUT2D eigenvalue weighted by Crippen LogP contribution is 2.49. The predicted molar refractivity (Wildman–Crippen MR) is 78.7 cm³/mol. The van der Waals surface area contributed by atoms with Gasteiger partial charge in [-0.25, -0.2) is 4.39 Å². The lowest BCUT2D eigenvalue weighted by Crippen LogP contribution is -2.36. The molecule has 1 aromatic rings. The third-order valence-electron chi connectivity index (χ3n) is 5.34. The van der Waals surface area contributed by atoms with Gasteiger partial charge in [0, 0.05) is 19.6 Å². The summed E-state index contributed by atoms with van der Waals surface area (Å²) in [5.41, 5.74) is 0.598. The molecular formula is C17H22FNO2. The summed E-state index contributed by atoms with van der Waals surface area (Å²) < 4.78 is 13.0. The van der Waals surface area contributed by atoms with E-state index in [0.717, 1.165) is 37.9 Å². The Morgan fingerprint density at radius 2 is 2.19 bits per heavy atom. The average Bonchev–Trinajstić information content (AvgIpc) is 2.97. The Kier molecular flexibility index (Phi) is 3.74. The molecule has 3 atom stereocenters. The van der Waals surface area contributed by atoms with E-state index in [4.69, 9.17) is 0 Å².